The summed E-state index contributed by atoms with van der Waals surface area (Å²) in [6, 6.07) is 20.4. The quantitative estimate of drug-likeness (QED) is 0.726. The highest BCUT2D eigenvalue weighted by Crippen LogP contribution is 2.06. The number of rotatable bonds is 6. The zero-order valence-electron chi connectivity index (χ0n) is 13.6. The minimum absolute atomic E-state index is 0.112. The number of aromatic nitrogens is 2. The highest BCUT2D eigenvalue weighted by molar-refractivity contribution is 5.98. The monoisotopic (exact) mass is 334 g/mol. The second kappa shape index (κ2) is 7.92. The SMILES string of the molecule is O=C(CNC(=O)c1ccccc1)Nc1ccn(Cc2ccccc2)n1. The molecule has 0 radical (unpaired) electrons. The van der Waals surface area contributed by atoms with E-state index in [2.05, 4.69) is 15.7 Å². The van der Waals surface area contributed by atoms with Crippen molar-refractivity contribution < 1.29 is 9.59 Å². The molecule has 1 aromatic heterocycles. The third kappa shape index (κ3) is 4.78. The topological polar surface area (TPSA) is 76.0 Å². The van der Waals surface area contributed by atoms with E-state index in [9.17, 15) is 9.59 Å². The molecule has 0 bridgehead atoms. The summed E-state index contributed by atoms with van der Waals surface area (Å²) in [5, 5.41) is 9.55. The van der Waals surface area contributed by atoms with Crippen molar-refractivity contribution in [2.75, 3.05) is 11.9 Å². The number of hydrogen-bond donors (Lipinski definition) is 2. The molecule has 2 N–H and O–H groups in total. The van der Waals surface area contributed by atoms with Crippen LogP contribution in [0.1, 0.15) is 15.9 Å². The fraction of sp³-hybridized carbons (Fsp3) is 0.105. The largest absolute Gasteiger partial charge is 0.343 e. The average molecular weight is 334 g/mol. The highest BCUT2D eigenvalue weighted by Gasteiger charge is 2.09. The Balaban J connectivity index is 1.49. The van der Waals surface area contributed by atoms with Gasteiger partial charge in [-0.3, -0.25) is 14.3 Å². The number of anilines is 1. The fourth-order valence-electron chi connectivity index (χ4n) is 2.33. The minimum atomic E-state index is -0.325. The van der Waals surface area contributed by atoms with Crippen molar-refractivity contribution in [2.45, 2.75) is 6.54 Å². The Morgan fingerprint density at radius 1 is 0.920 bits per heavy atom. The van der Waals surface area contributed by atoms with Crippen LogP contribution in [0.25, 0.3) is 0 Å². The summed E-state index contributed by atoms with van der Waals surface area (Å²) >= 11 is 0. The lowest BCUT2D eigenvalue weighted by Gasteiger charge is -2.05. The van der Waals surface area contributed by atoms with Crippen LogP contribution in [0.3, 0.4) is 0 Å². The zero-order chi connectivity index (χ0) is 17.5. The van der Waals surface area contributed by atoms with Crippen LogP contribution in [0.4, 0.5) is 5.82 Å². The van der Waals surface area contributed by atoms with Crippen LogP contribution in [0.15, 0.2) is 72.9 Å². The van der Waals surface area contributed by atoms with E-state index >= 15 is 0 Å². The maximum absolute atomic E-state index is 11.9. The molecule has 0 spiro atoms. The number of carbonyl (C=O) groups excluding carboxylic acids is 2. The molecule has 2 amide bonds. The summed E-state index contributed by atoms with van der Waals surface area (Å²) in [6.45, 7) is 0.515. The molecule has 126 valence electrons. The molecule has 0 atom stereocenters. The van der Waals surface area contributed by atoms with Gasteiger partial charge in [-0.15, -0.1) is 0 Å². The van der Waals surface area contributed by atoms with Crippen molar-refractivity contribution >= 4 is 17.6 Å². The molecule has 1 heterocycles. The summed E-state index contributed by atoms with van der Waals surface area (Å²) in [4.78, 5) is 23.8. The molecular weight excluding hydrogens is 316 g/mol. The maximum Gasteiger partial charge on any atom is 0.251 e. The lowest BCUT2D eigenvalue weighted by molar-refractivity contribution is -0.115. The van der Waals surface area contributed by atoms with Gasteiger partial charge in [-0.2, -0.15) is 5.10 Å². The molecule has 0 aliphatic rings. The Morgan fingerprint density at radius 2 is 1.60 bits per heavy atom. The van der Waals surface area contributed by atoms with Crippen molar-refractivity contribution in [2.24, 2.45) is 0 Å². The smallest absolute Gasteiger partial charge is 0.251 e. The lowest BCUT2D eigenvalue weighted by Crippen LogP contribution is -2.32. The molecule has 0 unspecified atom stereocenters. The van der Waals surface area contributed by atoms with Gasteiger partial charge in [0.05, 0.1) is 13.1 Å². The molecule has 3 aromatic rings. The number of nitrogens with zero attached hydrogens (tertiary/aromatic N) is 2. The normalized spacial score (nSPS) is 10.2. The van der Waals surface area contributed by atoms with E-state index in [4.69, 9.17) is 0 Å². The third-order valence-corrected chi connectivity index (χ3v) is 3.54. The highest BCUT2D eigenvalue weighted by atomic mass is 16.2. The molecule has 6 nitrogen and oxygen atoms in total. The Bertz CT molecular complexity index is 844. The van der Waals surface area contributed by atoms with Gasteiger partial charge in [0, 0.05) is 17.8 Å². The van der Waals surface area contributed by atoms with Gasteiger partial charge in [-0.1, -0.05) is 48.5 Å². The van der Waals surface area contributed by atoms with Gasteiger partial charge >= 0.3 is 0 Å². The van der Waals surface area contributed by atoms with Crippen molar-refractivity contribution in [1.82, 2.24) is 15.1 Å². The molecule has 0 fully saturated rings. The van der Waals surface area contributed by atoms with Crippen LogP contribution in [0.2, 0.25) is 0 Å². The van der Waals surface area contributed by atoms with E-state index in [1.807, 2.05) is 36.4 Å². The predicted octanol–water partition coefficient (Wildman–Crippen LogP) is 2.30. The van der Waals surface area contributed by atoms with Crippen molar-refractivity contribution in [1.29, 1.82) is 0 Å². The summed E-state index contributed by atoms with van der Waals surface area (Å²) < 4.78 is 1.74. The second-order valence-corrected chi connectivity index (χ2v) is 5.48. The molecule has 2 aromatic carbocycles. The van der Waals surface area contributed by atoms with E-state index in [1.54, 1.807) is 41.2 Å². The first kappa shape index (κ1) is 16.4. The van der Waals surface area contributed by atoms with Gasteiger partial charge in [0.25, 0.3) is 5.91 Å². The fourth-order valence-corrected chi connectivity index (χ4v) is 2.33. The van der Waals surface area contributed by atoms with Gasteiger partial charge in [0.15, 0.2) is 5.82 Å². The van der Waals surface area contributed by atoms with Crippen LogP contribution in [-0.2, 0) is 11.3 Å². The van der Waals surface area contributed by atoms with Crippen LogP contribution >= 0.6 is 0 Å². The van der Waals surface area contributed by atoms with E-state index in [1.165, 1.54) is 0 Å². The maximum atomic E-state index is 11.9. The summed E-state index contributed by atoms with van der Waals surface area (Å²) in [6.07, 6.45) is 1.80. The summed E-state index contributed by atoms with van der Waals surface area (Å²) in [5.41, 5.74) is 1.64. The van der Waals surface area contributed by atoms with Gasteiger partial charge in [0.2, 0.25) is 5.91 Å². The number of amides is 2. The Labute approximate surface area is 145 Å². The van der Waals surface area contributed by atoms with Gasteiger partial charge in [-0.05, 0) is 17.7 Å². The zero-order valence-corrected chi connectivity index (χ0v) is 13.6. The first-order valence-electron chi connectivity index (χ1n) is 7.91. The molecule has 0 aliphatic carbocycles. The molecule has 25 heavy (non-hydrogen) atoms. The average Bonchev–Trinajstić information content (AvgIpc) is 3.08. The van der Waals surface area contributed by atoms with E-state index in [0.717, 1.165) is 5.56 Å². The van der Waals surface area contributed by atoms with Crippen molar-refractivity contribution in [3.05, 3.63) is 84.1 Å². The Kier molecular flexibility index (Phi) is 5.21. The summed E-state index contributed by atoms with van der Waals surface area (Å²) in [7, 11) is 0. The molecule has 0 saturated carbocycles. The number of hydrogen-bond acceptors (Lipinski definition) is 3. The lowest BCUT2D eigenvalue weighted by atomic mass is 10.2. The van der Waals surface area contributed by atoms with E-state index < -0.39 is 0 Å². The molecular formula is C19H18N4O2. The number of nitrogens with one attached hydrogen (secondary N) is 2. The Morgan fingerprint density at radius 3 is 2.32 bits per heavy atom. The van der Waals surface area contributed by atoms with Crippen LogP contribution < -0.4 is 10.6 Å². The third-order valence-electron chi connectivity index (χ3n) is 3.54. The van der Waals surface area contributed by atoms with E-state index in [0.29, 0.717) is 17.9 Å². The number of benzene rings is 2. The molecule has 0 saturated heterocycles. The van der Waals surface area contributed by atoms with Gasteiger partial charge in [0.1, 0.15) is 0 Å². The summed E-state index contributed by atoms with van der Waals surface area (Å²) in [5.74, 6) is -0.158. The predicted molar refractivity (Wildman–Crippen MR) is 95.2 cm³/mol. The van der Waals surface area contributed by atoms with Crippen molar-refractivity contribution in [3.63, 3.8) is 0 Å². The van der Waals surface area contributed by atoms with E-state index in [-0.39, 0.29) is 18.4 Å². The molecule has 6 heteroatoms. The van der Waals surface area contributed by atoms with Crippen molar-refractivity contribution in [3.8, 4) is 0 Å². The second-order valence-electron chi connectivity index (χ2n) is 5.48. The standard InChI is InChI=1S/C19H18N4O2/c24-18(13-20-19(25)16-9-5-2-6-10-16)21-17-11-12-23(22-17)14-15-7-3-1-4-8-15/h1-12H,13-14H2,(H,20,25)(H,21,22,24). The molecule has 0 aliphatic heterocycles. The van der Waals surface area contributed by atoms with Gasteiger partial charge < -0.3 is 10.6 Å². The Hall–Kier alpha value is -3.41. The van der Waals surface area contributed by atoms with Gasteiger partial charge in [-0.25, -0.2) is 0 Å². The number of carbonyl (C=O) groups is 2. The first-order chi connectivity index (χ1) is 12.2. The van der Waals surface area contributed by atoms with Crippen LogP contribution in [0.5, 0.6) is 0 Å². The first-order valence-corrected chi connectivity index (χ1v) is 7.91. The van der Waals surface area contributed by atoms with Crippen LogP contribution in [-0.4, -0.2) is 28.1 Å². The minimum Gasteiger partial charge on any atom is -0.343 e. The molecule has 3 rings (SSSR count). The van der Waals surface area contributed by atoms with Crippen LogP contribution in [0, 0.1) is 0 Å².